The number of halogens is 1. The molecule has 0 aliphatic heterocycles. The Balaban J connectivity index is 2.16. The van der Waals surface area contributed by atoms with E-state index >= 15 is 0 Å². The molecule has 0 saturated carbocycles. The molecule has 0 saturated heterocycles. The Morgan fingerprint density at radius 3 is 2.86 bits per heavy atom. The maximum atomic E-state index is 9.55. The molecule has 0 unspecified atom stereocenters. The van der Waals surface area contributed by atoms with Crippen LogP contribution in [0.2, 0.25) is 5.02 Å². The number of aromatic nitrogens is 1. The van der Waals surface area contributed by atoms with Crippen molar-refractivity contribution >= 4 is 34.2 Å². The average Bonchev–Trinajstić information content (AvgIpc) is 2.95. The first-order valence-corrected chi connectivity index (χ1v) is 7.12. The number of allylic oxidation sites excluding steroid dienone is 1. The zero-order valence-corrected chi connectivity index (χ0v) is 12.7. The number of hydrogen-bond acceptors (Lipinski definition) is 2. The molecular weight excluding hydrogens is 296 g/mol. The fourth-order valence-corrected chi connectivity index (χ4v) is 2.60. The van der Waals surface area contributed by atoms with E-state index in [1.54, 1.807) is 7.11 Å². The number of H-pyrrole nitrogens is 1. The second-order valence-corrected chi connectivity index (χ2v) is 5.24. The van der Waals surface area contributed by atoms with Crippen LogP contribution in [0.25, 0.3) is 22.6 Å². The quantitative estimate of drug-likeness (QED) is 0.700. The number of nitriles is 1. The molecule has 22 heavy (non-hydrogen) atoms. The fourth-order valence-electron chi connectivity index (χ4n) is 2.43. The van der Waals surface area contributed by atoms with Gasteiger partial charge < -0.3 is 9.72 Å². The van der Waals surface area contributed by atoms with Crippen LogP contribution in [0, 0.1) is 11.3 Å². The number of fused-ring (bicyclic) bond motifs is 1. The van der Waals surface area contributed by atoms with E-state index in [0.717, 1.165) is 27.8 Å². The molecule has 0 amide bonds. The number of nitrogens with one attached hydrogen (secondary N) is 1. The van der Waals surface area contributed by atoms with Gasteiger partial charge in [-0.3, -0.25) is 0 Å². The molecule has 0 aliphatic rings. The van der Waals surface area contributed by atoms with Crippen LogP contribution in [-0.4, -0.2) is 12.1 Å². The van der Waals surface area contributed by atoms with Crippen molar-refractivity contribution < 1.29 is 4.74 Å². The Morgan fingerprint density at radius 2 is 2.09 bits per heavy atom. The van der Waals surface area contributed by atoms with Gasteiger partial charge in [-0.25, -0.2) is 0 Å². The molecule has 3 rings (SSSR count). The Hall–Kier alpha value is -2.70. The van der Waals surface area contributed by atoms with Crippen LogP contribution < -0.4 is 4.74 Å². The lowest BCUT2D eigenvalue weighted by molar-refractivity contribution is 0.414. The van der Waals surface area contributed by atoms with E-state index in [1.807, 2.05) is 54.7 Å². The summed E-state index contributed by atoms with van der Waals surface area (Å²) in [5, 5.41) is 11.1. The van der Waals surface area contributed by atoms with Crippen LogP contribution in [-0.2, 0) is 0 Å². The molecule has 0 fully saturated rings. The highest BCUT2D eigenvalue weighted by Crippen LogP contribution is 2.30. The van der Waals surface area contributed by atoms with Crippen molar-refractivity contribution in [1.29, 1.82) is 5.26 Å². The van der Waals surface area contributed by atoms with Crippen LogP contribution in [0.4, 0.5) is 0 Å². The van der Waals surface area contributed by atoms with Crippen molar-refractivity contribution in [3.8, 4) is 11.8 Å². The monoisotopic (exact) mass is 308 g/mol. The molecule has 1 heterocycles. The third-order valence-electron chi connectivity index (χ3n) is 3.49. The minimum Gasteiger partial charge on any atom is -0.496 e. The van der Waals surface area contributed by atoms with E-state index < -0.39 is 0 Å². The maximum absolute atomic E-state index is 9.55. The van der Waals surface area contributed by atoms with Crippen molar-refractivity contribution in [3.63, 3.8) is 0 Å². The van der Waals surface area contributed by atoms with E-state index in [4.69, 9.17) is 16.3 Å². The van der Waals surface area contributed by atoms with Gasteiger partial charge in [-0.15, -0.1) is 0 Å². The third kappa shape index (κ3) is 2.57. The molecule has 1 N–H and O–H groups in total. The Bertz CT molecular complexity index is 903. The summed E-state index contributed by atoms with van der Waals surface area (Å²) in [5.74, 6) is 0.730. The summed E-state index contributed by atoms with van der Waals surface area (Å²) in [4.78, 5) is 3.16. The van der Waals surface area contributed by atoms with E-state index in [-0.39, 0.29) is 0 Å². The van der Waals surface area contributed by atoms with Crippen molar-refractivity contribution in [2.24, 2.45) is 0 Å². The van der Waals surface area contributed by atoms with Crippen LogP contribution in [0.3, 0.4) is 0 Å². The Morgan fingerprint density at radius 1 is 1.27 bits per heavy atom. The molecule has 108 valence electrons. The summed E-state index contributed by atoms with van der Waals surface area (Å²) in [5.41, 5.74) is 3.18. The first-order chi connectivity index (χ1) is 10.7. The Labute approximate surface area is 133 Å². The van der Waals surface area contributed by atoms with Gasteiger partial charge in [0.25, 0.3) is 0 Å². The summed E-state index contributed by atoms with van der Waals surface area (Å²) in [7, 11) is 1.62. The molecule has 0 spiro atoms. The first kappa shape index (κ1) is 14.2. The third-order valence-corrected chi connectivity index (χ3v) is 3.73. The van der Waals surface area contributed by atoms with Crippen LogP contribution >= 0.6 is 11.6 Å². The standard InChI is InChI=1S/C18H13ClN2O/c1-22-18-5-3-2-4-12(18)8-13(10-20)16-11-21-17-7-6-14(19)9-15(16)17/h2-9,11,21H,1H3. The number of hydrogen-bond donors (Lipinski definition) is 1. The topological polar surface area (TPSA) is 48.8 Å². The largest absolute Gasteiger partial charge is 0.496 e. The van der Waals surface area contributed by atoms with E-state index in [0.29, 0.717) is 10.6 Å². The molecule has 4 heteroatoms. The normalized spacial score (nSPS) is 11.4. The van der Waals surface area contributed by atoms with E-state index in [1.165, 1.54) is 0 Å². The lowest BCUT2D eigenvalue weighted by atomic mass is 10.0. The van der Waals surface area contributed by atoms with Gasteiger partial charge in [-0.05, 0) is 30.3 Å². The van der Waals surface area contributed by atoms with Gasteiger partial charge in [0.2, 0.25) is 0 Å². The highest BCUT2D eigenvalue weighted by molar-refractivity contribution is 6.31. The summed E-state index contributed by atoms with van der Waals surface area (Å²) in [6.45, 7) is 0. The van der Waals surface area contributed by atoms with Crippen LogP contribution in [0.5, 0.6) is 5.75 Å². The number of aromatic amines is 1. The highest BCUT2D eigenvalue weighted by atomic mass is 35.5. The molecule has 0 atom stereocenters. The fraction of sp³-hybridized carbons (Fsp3) is 0.0556. The predicted octanol–water partition coefficient (Wildman–Crippen LogP) is 4.89. The zero-order chi connectivity index (χ0) is 15.5. The van der Waals surface area contributed by atoms with Gasteiger partial charge in [0.1, 0.15) is 5.75 Å². The molecular formula is C18H13ClN2O. The predicted molar refractivity (Wildman–Crippen MR) is 89.8 cm³/mol. The Kier molecular flexibility index (Phi) is 3.86. The summed E-state index contributed by atoms with van der Waals surface area (Å²) in [6, 6.07) is 15.4. The van der Waals surface area contributed by atoms with Crippen LogP contribution in [0.15, 0.2) is 48.7 Å². The first-order valence-electron chi connectivity index (χ1n) is 6.75. The number of ether oxygens (including phenoxy) is 1. The minimum absolute atomic E-state index is 0.554. The minimum atomic E-state index is 0.554. The van der Waals surface area contributed by atoms with Gasteiger partial charge in [-0.2, -0.15) is 5.26 Å². The molecule has 2 aromatic carbocycles. The molecule has 0 bridgehead atoms. The molecule has 1 aromatic heterocycles. The maximum Gasteiger partial charge on any atom is 0.126 e. The summed E-state index contributed by atoms with van der Waals surface area (Å²) >= 11 is 6.07. The van der Waals surface area contributed by atoms with Gasteiger partial charge >= 0.3 is 0 Å². The lowest BCUT2D eigenvalue weighted by Gasteiger charge is -2.05. The number of para-hydroxylation sites is 1. The van der Waals surface area contributed by atoms with E-state index in [9.17, 15) is 5.26 Å². The van der Waals surface area contributed by atoms with Crippen molar-refractivity contribution in [2.45, 2.75) is 0 Å². The average molecular weight is 309 g/mol. The number of rotatable bonds is 3. The van der Waals surface area contributed by atoms with E-state index in [2.05, 4.69) is 11.1 Å². The molecule has 3 nitrogen and oxygen atoms in total. The number of nitrogens with zero attached hydrogens (tertiary/aromatic N) is 1. The van der Waals surface area contributed by atoms with Crippen LogP contribution in [0.1, 0.15) is 11.1 Å². The SMILES string of the molecule is COc1ccccc1C=C(C#N)c1c[nH]c2ccc(Cl)cc12. The second-order valence-electron chi connectivity index (χ2n) is 4.80. The van der Waals surface area contributed by atoms with Crippen molar-refractivity contribution in [3.05, 3.63) is 64.8 Å². The second kappa shape index (κ2) is 5.97. The number of benzene rings is 2. The van der Waals surface area contributed by atoms with Gasteiger partial charge in [0, 0.05) is 33.2 Å². The van der Waals surface area contributed by atoms with Gasteiger partial charge in [-0.1, -0.05) is 29.8 Å². The summed E-state index contributed by atoms with van der Waals surface area (Å²) < 4.78 is 5.33. The molecule has 0 radical (unpaired) electrons. The van der Waals surface area contributed by atoms with Crippen molar-refractivity contribution in [1.82, 2.24) is 4.98 Å². The molecule has 3 aromatic rings. The van der Waals surface area contributed by atoms with Gasteiger partial charge in [0.05, 0.1) is 18.8 Å². The highest BCUT2D eigenvalue weighted by Gasteiger charge is 2.10. The van der Waals surface area contributed by atoms with Crippen molar-refractivity contribution in [2.75, 3.05) is 7.11 Å². The lowest BCUT2D eigenvalue weighted by Crippen LogP contribution is -1.87. The summed E-state index contributed by atoms with van der Waals surface area (Å²) in [6.07, 6.45) is 3.65. The number of methoxy groups -OCH3 is 1. The smallest absolute Gasteiger partial charge is 0.126 e. The van der Waals surface area contributed by atoms with Gasteiger partial charge in [0.15, 0.2) is 0 Å². The molecule has 0 aliphatic carbocycles. The zero-order valence-electron chi connectivity index (χ0n) is 11.9.